The standard InChI is InChI=1S/C18H18N2O5/c1-3-10-4-6-13-11(8-10)9(2)15(18(24)25-13)17(23)19-12-5-7-14(21)20-16(12)22/h4,6,8,12H,3,5,7H2,1-2H3,(H,19,23)(H,20,21,22). The van der Waals surface area contributed by atoms with Crippen molar-refractivity contribution in [3.8, 4) is 0 Å². The molecule has 1 aromatic carbocycles. The minimum absolute atomic E-state index is 0.120. The van der Waals surface area contributed by atoms with Gasteiger partial charge < -0.3 is 9.73 Å². The molecule has 7 heteroatoms. The number of amides is 3. The average Bonchev–Trinajstić information content (AvgIpc) is 2.57. The Bertz CT molecular complexity index is 944. The van der Waals surface area contributed by atoms with Gasteiger partial charge in [-0.2, -0.15) is 0 Å². The van der Waals surface area contributed by atoms with Gasteiger partial charge >= 0.3 is 5.63 Å². The van der Waals surface area contributed by atoms with E-state index in [0.29, 0.717) is 16.5 Å². The quantitative estimate of drug-likeness (QED) is 0.644. The SMILES string of the molecule is CCc1ccc2oc(=O)c(C(=O)NC3CCC(=O)NC3=O)c(C)c2c1. The van der Waals surface area contributed by atoms with Crippen LogP contribution in [0.5, 0.6) is 0 Å². The molecule has 1 saturated heterocycles. The van der Waals surface area contributed by atoms with Crippen molar-refractivity contribution in [2.45, 2.75) is 39.2 Å². The van der Waals surface area contributed by atoms with Gasteiger partial charge in [0.1, 0.15) is 17.2 Å². The molecule has 0 radical (unpaired) electrons. The number of carbonyl (C=O) groups excluding carboxylic acids is 3. The first kappa shape index (κ1) is 16.9. The van der Waals surface area contributed by atoms with Gasteiger partial charge in [0.25, 0.3) is 5.91 Å². The Morgan fingerprint density at radius 3 is 2.76 bits per heavy atom. The second kappa shape index (κ2) is 6.51. The predicted molar refractivity (Wildman–Crippen MR) is 90.2 cm³/mol. The van der Waals surface area contributed by atoms with Crippen molar-refractivity contribution in [3.05, 3.63) is 45.3 Å². The maximum Gasteiger partial charge on any atom is 0.349 e. The van der Waals surface area contributed by atoms with Crippen molar-refractivity contribution in [2.24, 2.45) is 0 Å². The van der Waals surface area contributed by atoms with Crippen LogP contribution < -0.4 is 16.3 Å². The van der Waals surface area contributed by atoms with Gasteiger partial charge in [0, 0.05) is 11.8 Å². The first-order valence-corrected chi connectivity index (χ1v) is 8.11. The summed E-state index contributed by atoms with van der Waals surface area (Å²) >= 11 is 0. The van der Waals surface area contributed by atoms with Crippen LogP contribution >= 0.6 is 0 Å². The first-order chi connectivity index (χ1) is 11.9. The molecular weight excluding hydrogens is 324 g/mol. The highest BCUT2D eigenvalue weighted by Crippen LogP contribution is 2.21. The third-order valence-electron chi connectivity index (χ3n) is 4.41. The zero-order chi connectivity index (χ0) is 18.1. The lowest BCUT2D eigenvalue weighted by Gasteiger charge is -2.22. The maximum atomic E-state index is 12.5. The summed E-state index contributed by atoms with van der Waals surface area (Å²) < 4.78 is 5.26. The number of rotatable bonds is 3. The van der Waals surface area contributed by atoms with E-state index in [-0.39, 0.29) is 24.3 Å². The maximum absolute atomic E-state index is 12.5. The van der Waals surface area contributed by atoms with E-state index in [0.717, 1.165) is 12.0 Å². The number of nitrogens with one attached hydrogen (secondary N) is 2. The predicted octanol–water partition coefficient (Wildman–Crippen LogP) is 1.20. The van der Waals surface area contributed by atoms with E-state index < -0.39 is 23.5 Å². The van der Waals surface area contributed by atoms with Gasteiger partial charge in [-0.05, 0) is 43.0 Å². The van der Waals surface area contributed by atoms with Gasteiger partial charge in [-0.3, -0.25) is 19.7 Å². The van der Waals surface area contributed by atoms with Crippen molar-refractivity contribution in [1.29, 1.82) is 0 Å². The first-order valence-electron chi connectivity index (χ1n) is 8.11. The zero-order valence-electron chi connectivity index (χ0n) is 14.0. The number of benzene rings is 1. The fourth-order valence-corrected chi connectivity index (χ4v) is 2.94. The average molecular weight is 342 g/mol. The number of aryl methyl sites for hydroxylation is 2. The Morgan fingerprint density at radius 2 is 2.08 bits per heavy atom. The second-order valence-corrected chi connectivity index (χ2v) is 6.05. The highest BCUT2D eigenvalue weighted by Gasteiger charge is 2.29. The lowest BCUT2D eigenvalue weighted by Crippen LogP contribution is -2.52. The highest BCUT2D eigenvalue weighted by molar-refractivity contribution is 6.05. The molecule has 1 atom stereocenters. The molecule has 1 aliphatic rings. The van der Waals surface area contributed by atoms with Crippen LogP contribution in [-0.2, 0) is 16.0 Å². The molecule has 0 aliphatic carbocycles. The molecular formula is C18H18N2O5. The van der Waals surface area contributed by atoms with Gasteiger partial charge in [0.2, 0.25) is 11.8 Å². The van der Waals surface area contributed by atoms with E-state index in [1.165, 1.54) is 0 Å². The van der Waals surface area contributed by atoms with Crippen LogP contribution in [0, 0.1) is 6.92 Å². The van der Waals surface area contributed by atoms with Gasteiger partial charge in [0.15, 0.2) is 0 Å². The molecule has 1 aliphatic heterocycles. The monoisotopic (exact) mass is 342 g/mol. The van der Waals surface area contributed by atoms with Crippen LogP contribution in [0.1, 0.15) is 41.3 Å². The summed E-state index contributed by atoms with van der Waals surface area (Å²) in [5.74, 6) is -1.62. The van der Waals surface area contributed by atoms with Crippen LogP contribution in [-0.4, -0.2) is 23.8 Å². The van der Waals surface area contributed by atoms with E-state index in [2.05, 4.69) is 10.6 Å². The molecule has 130 valence electrons. The summed E-state index contributed by atoms with van der Waals surface area (Å²) in [6.07, 6.45) is 1.16. The summed E-state index contributed by atoms with van der Waals surface area (Å²) in [5.41, 5.74) is 1.11. The van der Waals surface area contributed by atoms with Crippen molar-refractivity contribution in [3.63, 3.8) is 0 Å². The fourth-order valence-electron chi connectivity index (χ4n) is 2.94. The van der Waals surface area contributed by atoms with Crippen molar-refractivity contribution in [2.75, 3.05) is 0 Å². The van der Waals surface area contributed by atoms with E-state index in [1.807, 2.05) is 19.1 Å². The van der Waals surface area contributed by atoms with Gasteiger partial charge in [0.05, 0.1) is 0 Å². The zero-order valence-corrected chi connectivity index (χ0v) is 14.0. The lowest BCUT2D eigenvalue weighted by molar-refractivity contribution is -0.134. The summed E-state index contributed by atoms with van der Waals surface area (Å²) in [5, 5.41) is 5.37. The van der Waals surface area contributed by atoms with Crippen LogP contribution in [0.15, 0.2) is 27.4 Å². The molecule has 2 N–H and O–H groups in total. The Hall–Kier alpha value is -2.96. The molecule has 1 unspecified atom stereocenters. The molecule has 3 amide bonds. The Kier molecular flexibility index (Phi) is 4.39. The topological polar surface area (TPSA) is 105 Å². The van der Waals surface area contributed by atoms with E-state index in [4.69, 9.17) is 4.42 Å². The van der Waals surface area contributed by atoms with E-state index >= 15 is 0 Å². The van der Waals surface area contributed by atoms with Crippen LogP contribution in [0.2, 0.25) is 0 Å². The molecule has 1 fully saturated rings. The Morgan fingerprint density at radius 1 is 1.32 bits per heavy atom. The summed E-state index contributed by atoms with van der Waals surface area (Å²) in [4.78, 5) is 47.8. The summed E-state index contributed by atoms with van der Waals surface area (Å²) in [6.45, 7) is 3.68. The third kappa shape index (κ3) is 3.17. The van der Waals surface area contributed by atoms with Crippen molar-refractivity contribution < 1.29 is 18.8 Å². The largest absolute Gasteiger partial charge is 0.422 e. The minimum atomic E-state index is -0.846. The van der Waals surface area contributed by atoms with Crippen LogP contribution in [0.4, 0.5) is 0 Å². The molecule has 7 nitrogen and oxygen atoms in total. The molecule has 0 saturated carbocycles. The normalized spacial score (nSPS) is 17.4. The van der Waals surface area contributed by atoms with Crippen LogP contribution in [0.25, 0.3) is 11.0 Å². The van der Waals surface area contributed by atoms with Crippen LogP contribution in [0.3, 0.4) is 0 Å². The molecule has 0 spiro atoms. The smallest absolute Gasteiger partial charge is 0.349 e. The number of carbonyl (C=O) groups is 3. The van der Waals surface area contributed by atoms with E-state index in [1.54, 1.807) is 13.0 Å². The molecule has 2 aromatic rings. The van der Waals surface area contributed by atoms with Gasteiger partial charge in [-0.15, -0.1) is 0 Å². The summed E-state index contributed by atoms with van der Waals surface area (Å²) in [7, 11) is 0. The highest BCUT2D eigenvalue weighted by atomic mass is 16.4. The number of hydrogen-bond acceptors (Lipinski definition) is 5. The number of fused-ring (bicyclic) bond motifs is 1. The third-order valence-corrected chi connectivity index (χ3v) is 4.41. The lowest BCUT2D eigenvalue weighted by atomic mass is 10.0. The number of hydrogen-bond donors (Lipinski definition) is 2. The number of imide groups is 1. The minimum Gasteiger partial charge on any atom is -0.422 e. The van der Waals surface area contributed by atoms with Gasteiger partial charge in [-0.1, -0.05) is 13.0 Å². The van der Waals surface area contributed by atoms with E-state index in [9.17, 15) is 19.2 Å². The molecule has 25 heavy (non-hydrogen) atoms. The van der Waals surface area contributed by atoms with Crippen molar-refractivity contribution in [1.82, 2.24) is 10.6 Å². The molecule has 3 rings (SSSR count). The Labute approximate surface area is 143 Å². The molecule has 2 heterocycles. The molecule has 0 bridgehead atoms. The van der Waals surface area contributed by atoms with Crippen molar-refractivity contribution >= 4 is 28.7 Å². The fraction of sp³-hybridized carbons (Fsp3) is 0.333. The number of piperidine rings is 1. The van der Waals surface area contributed by atoms with Gasteiger partial charge in [-0.25, -0.2) is 4.79 Å². The summed E-state index contributed by atoms with van der Waals surface area (Å²) in [6, 6.07) is 4.62. The Balaban J connectivity index is 1.97. The molecule has 1 aromatic heterocycles. The second-order valence-electron chi connectivity index (χ2n) is 6.05.